The molecule has 0 spiro atoms. The number of hydrogen-bond acceptors (Lipinski definition) is 5. The van der Waals surface area contributed by atoms with E-state index in [2.05, 4.69) is 4.57 Å². The van der Waals surface area contributed by atoms with Crippen LogP contribution in [0.4, 0.5) is 0 Å². The zero-order chi connectivity index (χ0) is 17.6. The van der Waals surface area contributed by atoms with Crippen molar-refractivity contribution < 1.29 is 14.3 Å². The quantitative estimate of drug-likeness (QED) is 0.457. The molecule has 1 aromatic heterocycles. The van der Waals surface area contributed by atoms with Crippen LogP contribution >= 0.6 is 0 Å². The van der Waals surface area contributed by atoms with Crippen molar-refractivity contribution in [3.05, 3.63) is 28.6 Å². The fourth-order valence-electron chi connectivity index (χ4n) is 2.49. The molecular weight excluding hydrogens is 294 g/mol. The van der Waals surface area contributed by atoms with Crippen LogP contribution < -0.4 is 0 Å². The van der Waals surface area contributed by atoms with Gasteiger partial charge in [-0.25, -0.2) is 4.79 Å². The third-order valence-corrected chi connectivity index (χ3v) is 3.48. The highest BCUT2D eigenvalue weighted by atomic mass is 16.5. The van der Waals surface area contributed by atoms with Crippen molar-refractivity contribution in [2.24, 2.45) is 0 Å². The summed E-state index contributed by atoms with van der Waals surface area (Å²) in [4.78, 5) is 11.9. The van der Waals surface area contributed by atoms with Gasteiger partial charge in [-0.1, -0.05) is 0 Å². The first-order chi connectivity index (χ1) is 10.8. The van der Waals surface area contributed by atoms with Crippen LogP contribution in [-0.2, 0) is 14.3 Å². The van der Waals surface area contributed by atoms with Crippen LogP contribution in [0.5, 0.6) is 0 Å². The second-order valence-corrected chi connectivity index (χ2v) is 5.35. The molecule has 0 aliphatic carbocycles. The summed E-state index contributed by atoms with van der Waals surface area (Å²) in [6.45, 7) is 7.92. The van der Waals surface area contributed by atoms with E-state index >= 15 is 0 Å². The summed E-state index contributed by atoms with van der Waals surface area (Å²) in [5.74, 6) is -0.795. The van der Waals surface area contributed by atoms with Crippen molar-refractivity contribution in [3.8, 4) is 12.1 Å². The SMILES string of the molecule is COC[C@H](C)n1c(C)cc(/C=C(\C#N)C(=O)O[C@H](C)C#N)c1C. The molecule has 23 heavy (non-hydrogen) atoms. The van der Waals surface area contributed by atoms with Gasteiger partial charge < -0.3 is 14.0 Å². The van der Waals surface area contributed by atoms with Gasteiger partial charge in [-0.3, -0.25) is 0 Å². The number of esters is 1. The minimum Gasteiger partial charge on any atom is -0.443 e. The maximum Gasteiger partial charge on any atom is 0.350 e. The maximum atomic E-state index is 11.9. The summed E-state index contributed by atoms with van der Waals surface area (Å²) < 4.78 is 12.1. The lowest BCUT2D eigenvalue weighted by atomic mass is 10.1. The number of aromatic nitrogens is 1. The van der Waals surface area contributed by atoms with Crippen molar-refractivity contribution in [1.29, 1.82) is 10.5 Å². The summed E-state index contributed by atoms with van der Waals surface area (Å²) >= 11 is 0. The molecule has 0 N–H and O–H groups in total. The Labute approximate surface area is 136 Å². The first-order valence-corrected chi connectivity index (χ1v) is 7.25. The lowest BCUT2D eigenvalue weighted by Crippen LogP contribution is -2.14. The summed E-state index contributed by atoms with van der Waals surface area (Å²) in [5, 5.41) is 17.9. The normalized spacial score (nSPS) is 13.8. The van der Waals surface area contributed by atoms with Gasteiger partial charge >= 0.3 is 5.97 Å². The van der Waals surface area contributed by atoms with E-state index in [1.54, 1.807) is 13.2 Å². The van der Waals surface area contributed by atoms with Crippen LogP contribution in [0.1, 0.15) is 36.8 Å². The van der Waals surface area contributed by atoms with Crippen molar-refractivity contribution >= 4 is 12.0 Å². The zero-order valence-corrected chi connectivity index (χ0v) is 14.1. The van der Waals surface area contributed by atoms with E-state index in [4.69, 9.17) is 14.7 Å². The number of nitrogens with zero attached hydrogens (tertiary/aromatic N) is 3. The first-order valence-electron chi connectivity index (χ1n) is 7.25. The Morgan fingerprint density at radius 3 is 2.57 bits per heavy atom. The van der Waals surface area contributed by atoms with Crippen LogP contribution in [0.25, 0.3) is 6.08 Å². The summed E-state index contributed by atoms with van der Waals surface area (Å²) in [5.41, 5.74) is 2.57. The van der Waals surface area contributed by atoms with E-state index in [0.717, 1.165) is 17.0 Å². The Morgan fingerprint density at radius 2 is 2.04 bits per heavy atom. The molecular formula is C17H21N3O3. The fraction of sp³-hybridized carbons (Fsp3) is 0.471. The second kappa shape index (κ2) is 8.17. The topological polar surface area (TPSA) is 88.0 Å². The summed E-state index contributed by atoms with van der Waals surface area (Å²) in [6.07, 6.45) is 0.596. The number of nitriles is 2. The molecule has 0 aromatic carbocycles. The minimum absolute atomic E-state index is 0.133. The molecule has 0 radical (unpaired) electrons. The van der Waals surface area contributed by atoms with Gasteiger partial charge in [-0.05, 0) is 45.4 Å². The number of methoxy groups -OCH3 is 1. The van der Waals surface area contributed by atoms with Gasteiger partial charge in [0.05, 0.1) is 12.6 Å². The van der Waals surface area contributed by atoms with Crippen LogP contribution in [0.3, 0.4) is 0 Å². The van der Waals surface area contributed by atoms with E-state index in [1.807, 2.05) is 32.9 Å². The molecule has 0 saturated carbocycles. The van der Waals surface area contributed by atoms with Gasteiger partial charge in [0.2, 0.25) is 0 Å². The Hall–Kier alpha value is -2.57. The number of rotatable bonds is 6. The lowest BCUT2D eigenvalue weighted by molar-refractivity contribution is -0.140. The Balaban J connectivity index is 3.16. The Bertz CT molecular complexity index is 689. The van der Waals surface area contributed by atoms with E-state index in [1.165, 1.54) is 13.0 Å². The van der Waals surface area contributed by atoms with Crippen molar-refractivity contribution in [2.75, 3.05) is 13.7 Å². The van der Waals surface area contributed by atoms with Crippen LogP contribution in [0.2, 0.25) is 0 Å². The molecule has 0 aliphatic rings. The van der Waals surface area contributed by atoms with Gasteiger partial charge in [0.1, 0.15) is 17.7 Å². The van der Waals surface area contributed by atoms with Crippen molar-refractivity contribution in [3.63, 3.8) is 0 Å². The van der Waals surface area contributed by atoms with E-state index < -0.39 is 12.1 Å². The largest absolute Gasteiger partial charge is 0.443 e. The van der Waals surface area contributed by atoms with Crippen LogP contribution in [0, 0.1) is 36.5 Å². The highest BCUT2D eigenvalue weighted by molar-refractivity contribution is 5.98. The van der Waals surface area contributed by atoms with E-state index in [0.29, 0.717) is 6.61 Å². The van der Waals surface area contributed by atoms with Gasteiger partial charge in [-0.2, -0.15) is 10.5 Å². The number of aryl methyl sites for hydroxylation is 1. The predicted molar refractivity (Wildman–Crippen MR) is 85.3 cm³/mol. The van der Waals surface area contributed by atoms with Gasteiger partial charge in [-0.15, -0.1) is 0 Å². The molecule has 1 rings (SSSR count). The number of ether oxygens (including phenoxy) is 2. The first kappa shape index (κ1) is 18.5. The molecule has 2 atom stereocenters. The Morgan fingerprint density at radius 1 is 1.39 bits per heavy atom. The summed E-state index contributed by atoms with van der Waals surface area (Å²) in [7, 11) is 1.64. The smallest absolute Gasteiger partial charge is 0.350 e. The summed E-state index contributed by atoms with van der Waals surface area (Å²) in [6, 6.07) is 5.67. The average Bonchev–Trinajstić information content (AvgIpc) is 2.78. The van der Waals surface area contributed by atoms with Crippen LogP contribution in [0.15, 0.2) is 11.6 Å². The van der Waals surface area contributed by atoms with Gasteiger partial charge in [0.25, 0.3) is 0 Å². The van der Waals surface area contributed by atoms with E-state index in [9.17, 15) is 10.1 Å². The maximum absolute atomic E-state index is 11.9. The van der Waals surface area contributed by atoms with E-state index in [-0.39, 0.29) is 11.6 Å². The molecule has 6 nitrogen and oxygen atoms in total. The average molecular weight is 315 g/mol. The second-order valence-electron chi connectivity index (χ2n) is 5.35. The molecule has 6 heteroatoms. The Kier molecular flexibility index (Phi) is 6.56. The molecule has 0 saturated heterocycles. The third-order valence-electron chi connectivity index (χ3n) is 3.48. The molecule has 0 fully saturated rings. The number of hydrogen-bond donors (Lipinski definition) is 0. The monoisotopic (exact) mass is 315 g/mol. The number of carbonyl (C=O) groups excluding carboxylic acids is 1. The van der Waals surface area contributed by atoms with Crippen molar-refractivity contribution in [2.45, 2.75) is 39.8 Å². The highest BCUT2D eigenvalue weighted by Crippen LogP contribution is 2.23. The molecule has 122 valence electrons. The minimum atomic E-state index is -0.895. The van der Waals surface area contributed by atoms with Crippen molar-refractivity contribution in [1.82, 2.24) is 4.57 Å². The molecule has 1 heterocycles. The van der Waals surface area contributed by atoms with Crippen LogP contribution in [-0.4, -0.2) is 30.4 Å². The van der Waals surface area contributed by atoms with Gasteiger partial charge in [0, 0.05) is 18.5 Å². The molecule has 0 aliphatic heterocycles. The molecule has 0 bridgehead atoms. The molecule has 0 amide bonds. The third kappa shape index (κ3) is 4.45. The lowest BCUT2D eigenvalue weighted by Gasteiger charge is -2.17. The predicted octanol–water partition coefficient (Wildman–Crippen LogP) is 2.67. The molecule has 1 aromatic rings. The highest BCUT2D eigenvalue weighted by Gasteiger charge is 2.17. The zero-order valence-electron chi connectivity index (χ0n) is 14.1. The number of carbonyl (C=O) groups is 1. The van der Waals surface area contributed by atoms with Gasteiger partial charge in [0.15, 0.2) is 6.10 Å². The fourth-order valence-corrected chi connectivity index (χ4v) is 2.49. The standard InChI is InChI=1S/C17H21N3O3/c1-11-6-15(14(4)20(11)12(2)10-22-5)7-16(9-19)17(21)23-13(3)8-18/h6-7,12-13H,10H2,1-5H3/b16-7+/t12-,13+/m0/s1. The molecule has 0 unspecified atom stereocenters.